The number of nitrogens with zero attached hydrogens (tertiary/aromatic N) is 2. The van der Waals surface area contributed by atoms with Gasteiger partial charge in [0, 0.05) is 28.8 Å². The molecule has 9 aromatic rings. The van der Waals surface area contributed by atoms with E-state index in [1.165, 1.54) is 54.6 Å². The minimum Gasteiger partial charge on any atom is -0.310 e. The van der Waals surface area contributed by atoms with Gasteiger partial charge in [0.05, 0.1) is 5.69 Å². The Labute approximate surface area is 286 Å². The van der Waals surface area contributed by atoms with Crippen LogP contribution in [0.25, 0.3) is 65.8 Å². The molecule has 2 nitrogen and oxygen atoms in total. The maximum atomic E-state index is 4.68. The fourth-order valence-electron chi connectivity index (χ4n) is 7.05. The van der Waals surface area contributed by atoms with Crippen LogP contribution in [0.5, 0.6) is 0 Å². The van der Waals surface area contributed by atoms with Gasteiger partial charge in [-0.2, -0.15) is 0 Å². The monoisotopic (exact) mass is 624 g/mol. The SMILES string of the molecule is c1ccc(N(c2ccc(-c3cccc4cccc(-c5ccccn5)c34)cc2)c2ccc3cc(-c4ccc5ccccc5c4)ccc3c2)cc1. The first-order valence-corrected chi connectivity index (χ1v) is 16.7. The van der Waals surface area contributed by atoms with Crippen LogP contribution in [0.4, 0.5) is 17.1 Å². The Morgan fingerprint density at radius 2 is 0.878 bits per heavy atom. The number of benzene rings is 8. The highest BCUT2D eigenvalue weighted by atomic mass is 15.1. The fraction of sp³-hybridized carbons (Fsp3) is 0. The molecule has 0 unspecified atom stereocenters. The van der Waals surface area contributed by atoms with Gasteiger partial charge in [-0.15, -0.1) is 0 Å². The topological polar surface area (TPSA) is 16.1 Å². The summed E-state index contributed by atoms with van der Waals surface area (Å²) in [6.07, 6.45) is 1.86. The molecule has 2 heteroatoms. The number of hydrogen-bond donors (Lipinski definition) is 0. The predicted octanol–water partition coefficient (Wildman–Crippen LogP) is 13.0. The Morgan fingerprint density at radius 1 is 0.327 bits per heavy atom. The van der Waals surface area contributed by atoms with Gasteiger partial charge in [0.1, 0.15) is 0 Å². The van der Waals surface area contributed by atoms with Crippen LogP contribution in [0.2, 0.25) is 0 Å². The van der Waals surface area contributed by atoms with Crippen molar-refractivity contribution < 1.29 is 0 Å². The average molecular weight is 625 g/mol. The Bertz CT molecular complexity index is 2590. The Kier molecular flexibility index (Phi) is 7.18. The van der Waals surface area contributed by atoms with E-state index in [1.54, 1.807) is 0 Å². The van der Waals surface area contributed by atoms with Gasteiger partial charge in [0.25, 0.3) is 0 Å². The van der Waals surface area contributed by atoms with Gasteiger partial charge < -0.3 is 4.90 Å². The predicted molar refractivity (Wildman–Crippen MR) is 208 cm³/mol. The lowest BCUT2D eigenvalue weighted by Crippen LogP contribution is -2.09. The Hall–Kier alpha value is -6.51. The van der Waals surface area contributed by atoms with Crippen molar-refractivity contribution in [3.63, 3.8) is 0 Å². The summed E-state index contributed by atoms with van der Waals surface area (Å²) >= 11 is 0. The third-order valence-corrected chi connectivity index (χ3v) is 9.46. The van der Waals surface area contributed by atoms with Crippen molar-refractivity contribution >= 4 is 49.4 Å². The summed E-state index contributed by atoms with van der Waals surface area (Å²) in [7, 11) is 0. The van der Waals surface area contributed by atoms with Crippen LogP contribution in [0, 0.1) is 0 Å². The second-order valence-electron chi connectivity index (χ2n) is 12.5. The minimum absolute atomic E-state index is 0.980. The first-order valence-electron chi connectivity index (χ1n) is 16.7. The van der Waals surface area contributed by atoms with Gasteiger partial charge in [-0.05, 0) is 115 Å². The molecular weight excluding hydrogens is 593 g/mol. The molecule has 0 radical (unpaired) electrons. The second kappa shape index (κ2) is 12.3. The molecule has 0 N–H and O–H groups in total. The quantitative estimate of drug-likeness (QED) is 0.183. The zero-order chi connectivity index (χ0) is 32.6. The number of hydrogen-bond acceptors (Lipinski definition) is 2. The highest BCUT2D eigenvalue weighted by molar-refractivity contribution is 6.06. The van der Waals surface area contributed by atoms with Crippen molar-refractivity contribution in [1.82, 2.24) is 4.98 Å². The summed E-state index contributed by atoms with van der Waals surface area (Å²) in [6.45, 7) is 0. The lowest BCUT2D eigenvalue weighted by atomic mass is 9.93. The van der Waals surface area contributed by atoms with Gasteiger partial charge in [-0.1, -0.05) is 127 Å². The molecule has 0 saturated heterocycles. The van der Waals surface area contributed by atoms with Gasteiger partial charge in [0.2, 0.25) is 0 Å². The van der Waals surface area contributed by atoms with E-state index < -0.39 is 0 Å². The molecule has 8 aromatic carbocycles. The lowest BCUT2D eigenvalue weighted by molar-refractivity contribution is 1.29. The summed E-state index contributed by atoms with van der Waals surface area (Å²) in [4.78, 5) is 7.02. The largest absolute Gasteiger partial charge is 0.310 e. The third kappa shape index (κ3) is 5.40. The van der Waals surface area contributed by atoms with E-state index in [-0.39, 0.29) is 0 Å². The summed E-state index contributed by atoms with van der Waals surface area (Å²) in [6, 6.07) is 67.5. The molecule has 0 aliphatic heterocycles. The molecule has 1 aromatic heterocycles. The molecule has 49 heavy (non-hydrogen) atoms. The summed E-state index contributed by atoms with van der Waals surface area (Å²) in [5, 5.41) is 7.37. The first kappa shape index (κ1) is 28.7. The number of fused-ring (bicyclic) bond motifs is 3. The number of rotatable bonds is 6. The van der Waals surface area contributed by atoms with Crippen molar-refractivity contribution in [2.45, 2.75) is 0 Å². The van der Waals surface area contributed by atoms with Gasteiger partial charge >= 0.3 is 0 Å². The van der Waals surface area contributed by atoms with Crippen molar-refractivity contribution in [3.8, 4) is 33.5 Å². The Balaban J connectivity index is 1.10. The van der Waals surface area contributed by atoms with Crippen LogP contribution in [-0.4, -0.2) is 4.98 Å². The molecule has 0 spiro atoms. The first-order chi connectivity index (χ1) is 24.3. The van der Waals surface area contributed by atoms with Crippen molar-refractivity contribution in [1.29, 1.82) is 0 Å². The number of para-hydroxylation sites is 1. The average Bonchev–Trinajstić information content (AvgIpc) is 3.18. The number of pyridine rings is 1. The van der Waals surface area contributed by atoms with Crippen LogP contribution >= 0.6 is 0 Å². The molecule has 0 saturated carbocycles. The number of aromatic nitrogens is 1. The summed E-state index contributed by atoms with van der Waals surface area (Å²) in [5.74, 6) is 0. The van der Waals surface area contributed by atoms with E-state index >= 15 is 0 Å². The highest BCUT2D eigenvalue weighted by Crippen LogP contribution is 2.40. The molecule has 0 aliphatic carbocycles. The zero-order valence-corrected chi connectivity index (χ0v) is 26.9. The van der Waals surface area contributed by atoms with Crippen molar-refractivity contribution in [3.05, 3.63) is 194 Å². The van der Waals surface area contributed by atoms with E-state index in [0.717, 1.165) is 28.3 Å². The number of anilines is 3. The zero-order valence-electron chi connectivity index (χ0n) is 26.9. The molecule has 230 valence electrons. The van der Waals surface area contributed by atoms with Gasteiger partial charge in [-0.3, -0.25) is 4.98 Å². The third-order valence-electron chi connectivity index (χ3n) is 9.46. The van der Waals surface area contributed by atoms with E-state index in [1.807, 2.05) is 18.3 Å². The van der Waals surface area contributed by atoms with Crippen LogP contribution in [0.1, 0.15) is 0 Å². The van der Waals surface area contributed by atoms with Crippen LogP contribution in [0.3, 0.4) is 0 Å². The van der Waals surface area contributed by atoms with Crippen LogP contribution in [-0.2, 0) is 0 Å². The molecule has 1 heterocycles. The summed E-state index contributed by atoms with van der Waals surface area (Å²) in [5.41, 5.74) is 10.3. The molecule has 0 fully saturated rings. The maximum Gasteiger partial charge on any atom is 0.0708 e. The van der Waals surface area contributed by atoms with E-state index in [2.05, 4.69) is 186 Å². The van der Waals surface area contributed by atoms with Gasteiger partial charge in [-0.25, -0.2) is 0 Å². The van der Waals surface area contributed by atoms with Gasteiger partial charge in [0.15, 0.2) is 0 Å². The van der Waals surface area contributed by atoms with Crippen molar-refractivity contribution in [2.75, 3.05) is 4.90 Å². The lowest BCUT2D eigenvalue weighted by Gasteiger charge is -2.26. The van der Waals surface area contributed by atoms with E-state index in [9.17, 15) is 0 Å². The second-order valence-corrected chi connectivity index (χ2v) is 12.5. The molecular formula is C47H32N2. The van der Waals surface area contributed by atoms with Crippen LogP contribution < -0.4 is 4.90 Å². The van der Waals surface area contributed by atoms with Crippen molar-refractivity contribution in [2.24, 2.45) is 0 Å². The van der Waals surface area contributed by atoms with E-state index in [4.69, 9.17) is 0 Å². The fourth-order valence-corrected chi connectivity index (χ4v) is 7.05. The molecule has 0 bridgehead atoms. The standard InChI is InChI=1S/C47H32N2/c1-2-14-41(15-3-1)49(43-28-25-39-31-38(21-22-40(39)32-43)37-20-19-33-10-4-5-11-36(33)30-37)42-26-23-34(24-27-42)44-16-8-12-35-13-9-17-45(47(35)44)46-18-6-7-29-48-46/h1-32H. The molecule has 0 aliphatic rings. The summed E-state index contributed by atoms with van der Waals surface area (Å²) < 4.78 is 0. The van der Waals surface area contributed by atoms with Crippen LogP contribution in [0.15, 0.2) is 194 Å². The smallest absolute Gasteiger partial charge is 0.0708 e. The Morgan fingerprint density at radius 3 is 1.63 bits per heavy atom. The van der Waals surface area contributed by atoms with E-state index in [0.29, 0.717) is 0 Å². The molecule has 0 amide bonds. The minimum atomic E-state index is 0.980. The molecule has 9 rings (SSSR count). The maximum absolute atomic E-state index is 4.68. The highest BCUT2D eigenvalue weighted by Gasteiger charge is 2.15. The normalized spacial score (nSPS) is 11.3. The molecule has 0 atom stereocenters.